The van der Waals surface area contributed by atoms with Crippen LogP contribution >= 0.6 is 7.75 Å². The number of aryl methyl sites for hydroxylation is 1. The van der Waals surface area contributed by atoms with Gasteiger partial charge in [0.05, 0.1) is 13.7 Å². The van der Waals surface area contributed by atoms with E-state index in [1.54, 1.807) is 56.3 Å². The van der Waals surface area contributed by atoms with Crippen molar-refractivity contribution in [2.45, 2.75) is 38.6 Å². The van der Waals surface area contributed by atoms with Gasteiger partial charge in [-0.2, -0.15) is 5.09 Å². The van der Waals surface area contributed by atoms with Crippen molar-refractivity contribution in [1.29, 1.82) is 0 Å². The molecule has 2 aromatic rings. The highest BCUT2D eigenvalue weighted by Crippen LogP contribution is 2.46. The minimum Gasteiger partial charge on any atom is -0.468 e. The summed E-state index contributed by atoms with van der Waals surface area (Å²) in [6, 6.07) is 7.36. The molecule has 12 heteroatoms. The second kappa shape index (κ2) is 9.88. The summed E-state index contributed by atoms with van der Waals surface area (Å²) in [6.07, 6.45) is 3.86. The Bertz CT molecular complexity index is 1190. The van der Waals surface area contributed by atoms with Gasteiger partial charge in [-0.15, -0.1) is 0 Å². The molecule has 0 unspecified atom stereocenters. The number of hydrogen-bond acceptors (Lipinski definition) is 8. The van der Waals surface area contributed by atoms with Crippen LogP contribution in [0.25, 0.3) is 0 Å². The molecule has 0 saturated heterocycles. The summed E-state index contributed by atoms with van der Waals surface area (Å²) in [5, 5.41) is 2.56. The van der Waals surface area contributed by atoms with Crippen LogP contribution < -0.4 is 20.9 Å². The first kappa shape index (κ1) is 24.7. The molecule has 33 heavy (non-hydrogen) atoms. The van der Waals surface area contributed by atoms with E-state index in [2.05, 4.69) is 14.8 Å². The smallest absolute Gasteiger partial charge is 0.459 e. The van der Waals surface area contributed by atoms with Gasteiger partial charge >= 0.3 is 19.4 Å². The van der Waals surface area contributed by atoms with Crippen LogP contribution in [0.3, 0.4) is 0 Å². The van der Waals surface area contributed by atoms with E-state index in [0.717, 1.165) is 0 Å². The molecule has 2 N–H and O–H groups in total. The van der Waals surface area contributed by atoms with E-state index in [4.69, 9.17) is 13.8 Å². The summed E-state index contributed by atoms with van der Waals surface area (Å²) >= 11 is 0. The Balaban J connectivity index is 1.76. The van der Waals surface area contributed by atoms with Gasteiger partial charge in [0.15, 0.2) is 6.23 Å². The molecule has 1 aliphatic rings. The number of aromatic amines is 1. The highest BCUT2D eigenvalue weighted by molar-refractivity contribution is 7.52. The van der Waals surface area contributed by atoms with Gasteiger partial charge in [0.2, 0.25) is 0 Å². The van der Waals surface area contributed by atoms with Gasteiger partial charge in [0, 0.05) is 11.8 Å². The molecule has 0 saturated carbocycles. The maximum absolute atomic E-state index is 13.5. The minimum atomic E-state index is -4.06. The van der Waals surface area contributed by atoms with Crippen molar-refractivity contribution in [2.75, 3.05) is 13.7 Å². The van der Waals surface area contributed by atoms with Crippen LogP contribution in [0.5, 0.6) is 5.75 Å². The van der Waals surface area contributed by atoms with E-state index >= 15 is 0 Å². The molecule has 2 heterocycles. The second-order valence-corrected chi connectivity index (χ2v) is 9.40. The summed E-state index contributed by atoms with van der Waals surface area (Å²) in [5.74, 6) is -0.377. The molecule has 0 aliphatic carbocycles. The molecule has 0 fully saturated rings. The zero-order valence-electron chi connectivity index (χ0n) is 18.6. The minimum absolute atomic E-state index is 0.234. The topological polar surface area (TPSA) is 138 Å². The zero-order chi connectivity index (χ0) is 24.2. The Labute approximate surface area is 189 Å². The maximum Gasteiger partial charge on any atom is 0.459 e. The SMILES string of the molecule is COC(=O)[C@H](C)N[P@@](=O)(OC[C@]1(C)C=C[C@H](n2cc(C)c(=O)[nH]c2=O)O1)Oc1ccccc1. The lowest BCUT2D eigenvalue weighted by molar-refractivity contribution is -0.142. The molecule has 0 radical (unpaired) electrons. The van der Waals surface area contributed by atoms with E-state index in [-0.39, 0.29) is 12.4 Å². The molecular formula is C21H26N3O8P. The molecule has 3 rings (SSSR count). The van der Waals surface area contributed by atoms with Crippen LogP contribution in [0.4, 0.5) is 0 Å². The number of carbonyl (C=O) groups excluding carboxylic acids is 1. The molecular weight excluding hydrogens is 453 g/mol. The van der Waals surface area contributed by atoms with Crippen molar-refractivity contribution in [3.05, 3.63) is 75.1 Å². The number of benzene rings is 1. The van der Waals surface area contributed by atoms with Gasteiger partial charge in [-0.05, 0) is 39.0 Å². The molecule has 1 aromatic carbocycles. The Hall–Kier alpha value is -2.98. The number of aromatic nitrogens is 2. The molecule has 1 aliphatic heterocycles. The molecule has 4 atom stereocenters. The van der Waals surface area contributed by atoms with Gasteiger partial charge in [-0.25, -0.2) is 9.36 Å². The van der Waals surface area contributed by atoms with Crippen LogP contribution in [0.1, 0.15) is 25.6 Å². The van der Waals surface area contributed by atoms with Gasteiger partial charge in [0.1, 0.15) is 17.4 Å². The van der Waals surface area contributed by atoms with E-state index in [1.807, 2.05) is 0 Å². The number of esters is 1. The second-order valence-electron chi connectivity index (χ2n) is 7.71. The van der Waals surface area contributed by atoms with E-state index in [9.17, 15) is 18.9 Å². The van der Waals surface area contributed by atoms with Gasteiger partial charge in [-0.3, -0.25) is 23.7 Å². The Morgan fingerprint density at radius 1 is 1.33 bits per heavy atom. The zero-order valence-corrected chi connectivity index (χ0v) is 19.5. The number of hydrogen-bond donors (Lipinski definition) is 2. The van der Waals surface area contributed by atoms with Gasteiger partial charge in [0.25, 0.3) is 5.56 Å². The van der Waals surface area contributed by atoms with Crippen LogP contribution in [0, 0.1) is 6.92 Å². The predicted octanol–water partition coefficient (Wildman–Crippen LogP) is 2.04. The number of H-pyrrole nitrogens is 1. The molecule has 11 nitrogen and oxygen atoms in total. The van der Waals surface area contributed by atoms with E-state index in [0.29, 0.717) is 5.56 Å². The number of para-hydroxylation sites is 1. The molecule has 0 bridgehead atoms. The number of methoxy groups -OCH3 is 1. The molecule has 178 valence electrons. The standard InChI is InChI=1S/C21H26N3O8P/c1-14-12-24(20(27)22-18(14)25)17-10-11-21(3,31-17)13-30-33(28,23-15(2)19(26)29-4)32-16-8-6-5-7-9-16/h5-12,15,17H,13H2,1-4H3,(H,23,28)(H,22,25,27)/t15-,17+,21-,33+/m0/s1. The summed E-state index contributed by atoms with van der Waals surface area (Å²) in [7, 11) is -2.84. The van der Waals surface area contributed by atoms with Crippen molar-refractivity contribution in [3.8, 4) is 5.75 Å². The highest BCUT2D eigenvalue weighted by Gasteiger charge is 2.38. The monoisotopic (exact) mass is 479 g/mol. The molecule has 0 spiro atoms. The predicted molar refractivity (Wildman–Crippen MR) is 119 cm³/mol. The van der Waals surface area contributed by atoms with Crippen molar-refractivity contribution in [2.24, 2.45) is 0 Å². The quantitative estimate of drug-likeness (QED) is 0.314. The average Bonchev–Trinajstić information content (AvgIpc) is 3.17. The van der Waals surface area contributed by atoms with E-state index in [1.165, 1.54) is 24.8 Å². The Morgan fingerprint density at radius 2 is 2.03 bits per heavy atom. The molecule has 1 aromatic heterocycles. The number of nitrogens with one attached hydrogen (secondary N) is 2. The van der Waals surface area contributed by atoms with Crippen molar-refractivity contribution >= 4 is 13.7 Å². The number of nitrogens with zero attached hydrogens (tertiary/aromatic N) is 1. The third-order valence-corrected chi connectivity index (χ3v) is 6.44. The lowest BCUT2D eigenvalue weighted by Gasteiger charge is -2.28. The summed E-state index contributed by atoms with van der Waals surface area (Å²) < 4.78 is 36.5. The fourth-order valence-corrected chi connectivity index (χ4v) is 4.62. The average molecular weight is 479 g/mol. The first-order valence-electron chi connectivity index (χ1n) is 10.1. The Kier molecular flexibility index (Phi) is 7.38. The highest BCUT2D eigenvalue weighted by atomic mass is 31.2. The summed E-state index contributed by atoms with van der Waals surface area (Å²) in [6.45, 7) is 4.47. The lowest BCUT2D eigenvalue weighted by atomic mass is 10.1. The van der Waals surface area contributed by atoms with Gasteiger partial charge < -0.3 is 14.0 Å². The largest absolute Gasteiger partial charge is 0.468 e. The molecule has 0 amide bonds. The first-order chi connectivity index (χ1) is 15.5. The lowest BCUT2D eigenvalue weighted by Crippen LogP contribution is -2.38. The van der Waals surface area contributed by atoms with Crippen LogP contribution in [0.15, 0.2) is 58.3 Å². The fraction of sp³-hybridized carbons (Fsp3) is 0.381. The fourth-order valence-electron chi connectivity index (χ4n) is 3.04. The number of rotatable bonds is 9. The number of carbonyl (C=O) groups is 1. The normalized spacial score (nSPS) is 22.5. The first-order valence-corrected chi connectivity index (χ1v) is 11.6. The van der Waals surface area contributed by atoms with Crippen molar-refractivity contribution in [3.63, 3.8) is 0 Å². The van der Waals surface area contributed by atoms with Gasteiger partial charge in [-0.1, -0.05) is 24.3 Å². The Morgan fingerprint density at radius 3 is 2.70 bits per heavy atom. The van der Waals surface area contributed by atoms with Crippen molar-refractivity contribution in [1.82, 2.24) is 14.6 Å². The summed E-state index contributed by atoms with van der Waals surface area (Å²) in [5.41, 5.74) is -1.84. The van der Waals surface area contributed by atoms with Crippen molar-refractivity contribution < 1.29 is 27.9 Å². The number of ether oxygens (including phenoxy) is 2. The van der Waals surface area contributed by atoms with Crippen LogP contribution in [-0.2, 0) is 23.4 Å². The van der Waals surface area contributed by atoms with E-state index < -0.39 is 42.8 Å². The third kappa shape index (κ3) is 6.08. The van der Waals surface area contributed by atoms with Crippen LogP contribution in [0.2, 0.25) is 0 Å². The third-order valence-electron chi connectivity index (χ3n) is 4.82. The maximum atomic E-state index is 13.5. The summed E-state index contributed by atoms with van der Waals surface area (Å²) in [4.78, 5) is 37.8. The van der Waals surface area contributed by atoms with Crippen LogP contribution in [-0.4, -0.2) is 40.9 Å².